The molecule has 156 valence electrons. The van der Waals surface area contributed by atoms with Crippen molar-refractivity contribution in [2.45, 2.75) is 27.0 Å². The molecule has 0 aliphatic heterocycles. The van der Waals surface area contributed by atoms with Gasteiger partial charge in [-0.2, -0.15) is 5.10 Å². The summed E-state index contributed by atoms with van der Waals surface area (Å²) in [7, 11) is 1.59. The SMILES string of the molecule is CCn1ncc(C(=O)/C=C/c2ccc(OC)c(COc3c(Cl)cccc3Cl)c2)c1C. The van der Waals surface area contributed by atoms with E-state index in [-0.39, 0.29) is 12.4 Å². The summed E-state index contributed by atoms with van der Waals surface area (Å²) < 4.78 is 13.1. The Kier molecular flexibility index (Phi) is 7.19. The largest absolute Gasteiger partial charge is 0.496 e. The molecule has 0 atom stereocenters. The number of hydrogen-bond donors (Lipinski definition) is 0. The lowest BCUT2D eigenvalue weighted by Crippen LogP contribution is -2.02. The molecule has 0 saturated heterocycles. The molecule has 1 heterocycles. The first-order valence-electron chi connectivity index (χ1n) is 9.43. The summed E-state index contributed by atoms with van der Waals surface area (Å²) in [6, 6.07) is 10.8. The third kappa shape index (κ3) is 4.86. The number of aryl methyl sites for hydroxylation is 1. The topological polar surface area (TPSA) is 53.4 Å². The van der Waals surface area contributed by atoms with Crippen LogP contribution in [0.4, 0.5) is 0 Å². The number of carbonyl (C=O) groups is 1. The minimum atomic E-state index is -0.0938. The summed E-state index contributed by atoms with van der Waals surface area (Å²) in [5.74, 6) is 0.993. The van der Waals surface area contributed by atoms with E-state index in [4.69, 9.17) is 32.7 Å². The van der Waals surface area contributed by atoms with Crippen LogP contribution in [-0.2, 0) is 13.2 Å². The number of halogens is 2. The Balaban J connectivity index is 1.79. The van der Waals surface area contributed by atoms with E-state index in [0.717, 1.165) is 23.4 Å². The Labute approximate surface area is 185 Å². The molecule has 0 fully saturated rings. The van der Waals surface area contributed by atoms with Crippen LogP contribution in [0.3, 0.4) is 0 Å². The van der Waals surface area contributed by atoms with Crippen LogP contribution >= 0.6 is 23.2 Å². The molecular weight excluding hydrogens is 423 g/mol. The average molecular weight is 445 g/mol. The van der Waals surface area contributed by atoms with Gasteiger partial charge in [0.05, 0.1) is 28.9 Å². The molecule has 0 saturated carbocycles. The number of hydrogen-bond acceptors (Lipinski definition) is 4. The van der Waals surface area contributed by atoms with Gasteiger partial charge in [0.15, 0.2) is 11.5 Å². The van der Waals surface area contributed by atoms with Crippen molar-refractivity contribution in [1.29, 1.82) is 0 Å². The average Bonchev–Trinajstić information content (AvgIpc) is 3.12. The summed E-state index contributed by atoms with van der Waals surface area (Å²) in [6.45, 7) is 4.81. The maximum Gasteiger partial charge on any atom is 0.189 e. The van der Waals surface area contributed by atoms with Gasteiger partial charge in [0.25, 0.3) is 0 Å². The highest BCUT2D eigenvalue weighted by Gasteiger charge is 2.12. The number of ketones is 1. The van der Waals surface area contributed by atoms with E-state index in [2.05, 4.69) is 5.10 Å². The quantitative estimate of drug-likeness (QED) is 0.315. The number of para-hydroxylation sites is 1. The molecule has 0 radical (unpaired) electrons. The highest BCUT2D eigenvalue weighted by molar-refractivity contribution is 6.37. The molecule has 30 heavy (non-hydrogen) atoms. The van der Waals surface area contributed by atoms with Crippen LogP contribution in [0.5, 0.6) is 11.5 Å². The summed E-state index contributed by atoms with van der Waals surface area (Å²) in [4.78, 5) is 12.5. The van der Waals surface area contributed by atoms with Crippen molar-refractivity contribution in [1.82, 2.24) is 9.78 Å². The van der Waals surface area contributed by atoms with Crippen molar-refractivity contribution in [2.75, 3.05) is 7.11 Å². The molecule has 2 aromatic carbocycles. The van der Waals surface area contributed by atoms with Gasteiger partial charge < -0.3 is 9.47 Å². The number of nitrogens with zero attached hydrogens (tertiary/aromatic N) is 2. The van der Waals surface area contributed by atoms with E-state index in [1.54, 1.807) is 48.3 Å². The van der Waals surface area contributed by atoms with E-state index in [0.29, 0.717) is 27.1 Å². The smallest absolute Gasteiger partial charge is 0.189 e. The second-order valence-corrected chi connectivity index (χ2v) is 7.38. The highest BCUT2D eigenvalue weighted by atomic mass is 35.5. The Morgan fingerprint density at radius 3 is 2.57 bits per heavy atom. The predicted molar refractivity (Wildman–Crippen MR) is 120 cm³/mol. The lowest BCUT2D eigenvalue weighted by molar-refractivity contribution is 0.104. The number of carbonyl (C=O) groups excluding carboxylic acids is 1. The molecule has 1 aromatic heterocycles. The summed E-state index contributed by atoms with van der Waals surface area (Å²) in [6.07, 6.45) is 4.91. The van der Waals surface area contributed by atoms with Crippen molar-refractivity contribution >= 4 is 35.1 Å². The second-order valence-electron chi connectivity index (χ2n) is 6.57. The molecule has 0 N–H and O–H groups in total. The number of methoxy groups -OCH3 is 1. The van der Waals surface area contributed by atoms with Crippen molar-refractivity contribution in [3.8, 4) is 11.5 Å². The molecule has 0 spiro atoms. The zero-order valence-electron chi connectivity index (χ0n) is 17.0. The van der Waals surface area contributed by atoms with Crippen LogP contribution in [0.15, 0.2) is 48.7 Å². The normalized spacial score (nSPS) is 11.1. The molecule has 0 amide bonds. The van der Waals surface area contributed by atoms with E-state index in [1.807, 2.05) is 32.0 Å². The van der Waals surface area contributed by atoms with Gasteiger partial charge >= 0.3 is 0 Å². The maximum absolute atomic E-state index is 12.5. The molecule has 7 heteroatoms. The van der Waals surface area contributed by atoms with Gasteiger partial charge in [-0.1, -0.05) is 41.4 Å². The third-order valence-corrected chi connectivity index (χ3v) is 5.29. The number of ether oxygens (including phenoxy) is 2. The minimum absolute atomic E-state index is 0.0938. The summed E-state index contributed by atoms with van der Waals surface area (Å²) >= 11 is 12.3. The Morgan fingerprint density at radius 1 is 1.20 bits per heavy atom. The zero-order valence-corrected chi connectivity index (χ0v) is 18.5. The van der Waals surface area contributed by atoms with Crippen LogP contribution in [0.2, 0.25) is 10.0 Å². The van der Waals surface area contributed by atoms with Gasteiger partial charge in [-0.25, -0.2) is 0 Å². The van der Waals surface area contributed by atoms with Gasteiger partial charge in [0, 0.05) is 17.8 Å². The molecule has 0 unspecified atom stereocenters. The molecule has 3 rings (SSSR count). The number of rotatable bonds is 8. The van der Waals surface area contributed by atoms with E-state index in [1.165, 1.54) is 0 Å². The standard InChI is InChI=1S/C23H22Cl2N2O3/c1-4-27-15(2)18(13-26-27)21(28)10-8-16-9-11-22(29-3)17(12-16)14-30-23-19(24)6-5-7-20(23)25/h5-13H,4,14H2,1-3H3/b10-8+. The predicted octanol–water partition coefficient (Wildman–Crippen LogP) is 6.00. The fourth-order valence-electron chi connectivity index (χ4n) is 3.05. The molecule has 0 aliphatic carbocycles. The second kappa shape index (κ2) is 9.83. The first kappa shape index (κ1) is 21.9. The molecule has 5 nitrogen and oxygen atoms in total. The maximum atomic E-state index is 12.5. The number of benzene rings is 2. The fourth-order valence-corrected chi connectivity index (χ4v) is 3.56. The van der Waals surface area contributed by atoms with Crippen LogP contribution in [0, 0.1) is 6.92 Å². The number of aromatic nitrogens is 2. The Hall–Kier alpha value is -2.76. The first-order valence-corrected chi connectivity index (χ1v) is 10.2. The van der Waals surface area contributed by atoms with Crippen LogP contribution < -0.4 is 9.47 Å². The van der Waals surface area contributed by atoms with Crippen LogP contribution in [-0.4, -0.2) is 22.7 Å². The van der Waals surface area contributed by atoms with Crippen LogP contribution in [0.1, 0.15) is 34.1 Å². The highest BCUT2D eigenvalue weighted by Crippen LogP contribution is 2.33. The van der Waals surface area contributed by atoms with Gasteiger partial charge in [0.1, 0.15) is 12.4 Å². The van der Waals surface area contributed by atoms with Gasteiger partial charge in [-0.3, -0.25) is 9.48 Å². The summed E-state index contributed by atoms with van der Waals surface area (Å²) in [5, 5.41) is 5.09. The van der Waals surface area contributed by atoms with Gasteiger partial charge in [-0.15, -0.1) is 0 Å². The van der Waals surface area contributed by atoms with E-state index >= 15 is 0 Å². The van der Waals surface area contributed by atoms with Crippen LogP contribution in [0.25, 0.3) is 6.08 Å². The van der Waals surface area contributed by atoms with Gasteiger partial charge in [-0.05, 0) is 49.8 Å². The summed E-state index contributed by atoms with van der Waals surface area (Å²) in [5.41, 5.74) is 3.10. The molecule has 0 aliphatic rings. The lowest BCUT2D eigenvalue weighted by atomic mass is 10.1. The third-order valence-electron chi connectivity index (χ3n) is 4.69. The lowest BCUT2D eigenvalue weighted by Gasteiger charge is -2.13. The Morgan fingerprint density at radius 2 is 1.93 bits per heavy atom. The van der Waals surface area contributed by atoms with Crippen molar-refractivity contribution in [2.24, 2.45) is 0 Å². The fraction of sp³-hybridized carbons (Fsp3) is 0.217. The molecule has 3 aromatic rings. The first-order chi connectivity index (χ1) is 14.4. The van der Waals surface area contributed by atoms with Gasteiger partial charge in [0.2, 0.25) is 0 Å². The zero-order chi connectivity index (χ0) is 21.7. The van der Waals surface area contributed by atoms with Crippen molar-refractivity contribution in [3.05, 3.63) is 81.1 Å². The van der Waals surface area contributed by atoms with E-state index in [9.17, 15) is 4.79 Å². The van der Waals surface area contributed by atoms with Crippen molar-refractivity contribution < 1.29 is 14.3 Å². The Bertz CT molecular complexity index is 1070. The van der Waals surface area contributed by atoms with E-state index < -0.39 is 0 Å². The molecular formula is C23H22Cl2N2O3. The minimum Gasteiger partial charge on any atom is -0.496 e. The molecule has 0 bridgehead atoms. The van der Waals surface area contributed by atoms with Crippen molar-refractivity contribution in [3.63, 3.8) is 0 Å². The number of allylic oxidation sites excluding steroid dienone is 1. The monoisotopic (exact) mass is 444 g/mol.